The molecule has 6 heteroatoms. The summed E-state index contributed by atoms with van der Waals surface area (Å²) >= 11 is 6.21. The molecule has 114 valence electrons. The van der Waals surface area contributed by atoms with E-state index in [4.69, 9.17) is 21.9 Å². The third-order valence-electron chi connectivity index (χ3n) is 3.48. The number of benzene rings is 1. The minimum Gasteiger partial charge on any atom is -0.334 e. The zero-order valence-corrected chi connectivity index (χ0v) is 13.4. The van der Waals surface area contributed by atoms with E-state index in [9.17, 15) is 0 Å². The Balaban J connectivity index is 2.17. The highest BCUT2D eigenvalue weighted by Gasteiger charge is 2.18. The first kappa shape index (κ1) is 15.9. The Morgan fingerprint density at radius 3 is 2.67 bits per heavy atom. The molecule has 1 aromatic carbocycles. The van der Waals surface area contributed by atoms with E-state index in [-0.39, 0.29) is 6.04 Å². The summed E-state index contributed by atoms with van der Waals surface area (Å²) in [5.74, 6) is 0.915. The minimum absolute atomic E-state index is 0.272. The number of halogens is 1. The van der Waals surface area contributed by atoms with Crippen LogP contribution in [0, 0.1) is 6.92 Å². The zero-order valence-electron chi connectivity index (χ0n) is 12.6. The van der Waals surface area contributed by atoms with E-state index < -0.39 is 0 Å². The molecule has 0 fully saturated rings. The molecule has 0 aliphatic carbocycles. The topological polar surface area (TPSA) is 68.2 Å². The number of nitrogens with zero attached hydrogens (tertiary/aromatic N) is 3. The van der Waals surface area contributed by atoms with Crippen molar-refractivity contribution in [2.24, 2.45) is 5.73 Å². The van der Waals surface area contributed by atoms with Gasteiger partial charge in [-0.2, -0.15) is 4.98 Å². The maximum Gasteiger partial charge on any atom is 0.259 e. The van der Waals surface area contributed by atoms with Crippen molar-refractivity contribution < 1.29 is 4.52 Å². The van der Waals surface area contributed by atoms with Crippen LogP contribution in [-0.2, 0) is 0 Å². The van der Waals surface area contributed by atoms with Gasteiger partial charge in [-0.25, -0.2) is 0 Å². The second-order valence-corrected chi connectivity index (χ2v) is 5.44. The smallest absolute Gasteiger partial charge is 0.259 e. The lowest BCUT2D eigenvalue weighted by atomic mass is 10.1. The van der Waals surface area contributed by atoms with E-state index in [1.54, 1.807) is 0 Å². The molecule has 0 bridgehead atoms. The Labute approximate surface area is 130 Å². The van der Waals surface area contributed by atoms with Gasteiger partial charge >= 0.3 is 0 Å². The fourth-order valence-electron chi connectivity index (χ4n) is 2.13. The zero-order chi connectivity index (χ0) is 15.4. The summed E-state index contributed by atoms with van der Waals surface area (Å²) in [6, 6.07) is 5.44. The molecule has 0 radical (unpaired) electrons. The molecule has 0 aliphatic rings. The van der Waals surface area contributed by atoms with Crippen LogP contribution < -0.4 is 5.73 Å². The second-order valence-electron chi connectivity index (χ2n) is 5.03. The van der Waals surface area contributed by atoms with Crippen LogP contribution in [0.1, 0.15) is 31.3 Å². The van der Waals surface area contributed by atoms with Crippen molar-refractivity contribution in [2.45, 2.75) is 26.8 Å². The van der Waals surface area contributed by atoms with Crippen molar-refractivity contribution in [3.8, 4) is 11.5 Å². The summed E-state index contributed by atoms with van der Waals surface area (Å²) in [7, 11) is 0. The standard InChI is InChI=1S/C15H21ClN4O/c1-4-20(5-2)9-13(17)14-18-15(21-19-14)11-7-6-10(3)8-12(11)16/h6-8,13H,4-5,9,17H2,1-3H3. The molecule has 2 aromatic rings. The summed E-state index contributed by atoms with van der Waals surface area (Å²) in [6.45, 7) is 8.77. The molecule has 1 atom stereocenters. The molecule has 1 aromatic heterocycles. The predicted octanol–water partition coefficient (Wildman–Crippen LogP) is 3.04. The predicted molar refractivity (Wildman–Crippen MR) is 84.2 cm³/mol. The Morgan fingerprint density at radius 1 is 1.33 bits per heavy atom. The Bertz CT molecular complexity index is 595. The van der Waals surface area contributed by atoms with Gasteiger partial charge in [0, 0.05) is 6.54 Å². The summed E-state index contributed by atoms with van der Waals surface area (Å²) in [5, 5.41) is 4.58. The van der Waals surface area contributed by atoms with Gasteiger partial charge in [-0.05, 0) is 37.7 Å². The first-order valence-corrected chi connectivity index (χ1v) is 7.51. The summed E-state index contributed by atoms with van der Waals surface area (Å²) in [4.78, 5) is 6.60. The fourth-order valence-corrected chi connectivity index (χ4v) is 2.45. The quantitative estimate of drug-likeness (QED) is 0.888. The van der Waals surface area contributed by atoms with Crippen LogP contribution in [0.4, 0.5) is 0 Å². The van der Waals surface area contributed by atoms with Gasteiger partial charge in [0.2, 0.25) is 0 Å². The molecule has 1 unspecified atom stereocenters. The van der Waals surface area contributed by atoms with Crippen molar-refractivity contribution in [1.82, 2.24) is 15.0 Å². The summed E-state index contributed by atoms with van der Waals surface area (Å²) in [6.07, 6.45) is 0. The molecule has 1 heterocycles. The molecule has 2 rings (SSSR count). The molecule has 21 heavy (non-hydrogen) atoms. The van der Waals surface area contributed by atoms with Crippen molar-refractivity contribution in [1.29, 1.82) is 0 Å². The molecular formula is C15H21ClN4O. The number of likely N-dealkylation sites (N-methyl/N-ethyl adjacent to an activating group) is 1. The maximum atomic E-state index is 6.21. The maximum absolute atomic E-state index is 6.21. The molecule has 0 saturated heterocycles. The van der Waals surface area contributed by atoms with E-state index in [0.29, 0.717) is 23.3 Å². The van der Waals surface area contributed by atoms with Gasteiger partial charge in [0.05, 0.1) is 16.6 Å². The Hall–Kier alpha value is -1.43. The summed E-state index contributed by atoms with van der Waals surface area (Å²) in [5.41, 5.74) is 7.96. The number of hydrogen-bond acceptors (Lipinski definition) is 5. The minimum atomic E-state index is -0.272. The SMILES string of the molecule is CCN(CC)CC(N)c1noc(-c2ccc(C)cc2Cl)n1. The monoisotopic (exact) mass is 308 g/mol. The average Bonchev–Trinajstić information content (AvgIpc) is 2.94. The highest BCUT2D eigenvalue weighted by Crippen LogP contribution is 2.27. The van der Waals surface area contributed by atoms with Gasteiger partial charge in [-0.3, -0.25) is 0 Å². The lowest BCUT2D eigenvalue weighted by Gasteiger charge is -2.20. The lowest BCUT2D eigenvalue weighted by Crippen LogP contribution is -2.32. The van der Waals surface area contributed by atoms with Crippen LogP contribution in [0.25, 0.3) is 11.5 Å². The Kier molecular flexibility index (Phi) is 5.33. The van der Waals surface area contributed by atoms with E-state index in [1.165, 1.54) is 0 Å². The van der Waals surface area contributed by atoms with Crippen LogP contribution in [0.5, 0.6) is 0 Å². The van der Waals surface area contributed by atoms with Gasteiger partial charge in [-0.15, -0.1) is 0 Å². The van der Waals surface area contributed by atoms with Crippen molar-refractivity contribution >= 4 is 11.6 Å². The van der Waals surface area contributed by atoms with E-state index >= 15 is 0 Å². The van der Waals surface area contributed by atoms with Crippen LogP contribution in [0.3, 0.4) is 0 Å². The summed E-state index contributed by atoms with van der Waals surface area (Å²) < 4.78 is 5.30. The molecule has 2 N–H and O–H groups in total. The third kappa shape index (κ3) is 3.81. The third-order valence-corrected chi connectivity index (χ3v) is 3.79. The highest BCUT2D eigenvalue weighted by molar-refractivity contribution is 6.33. The van der Waals surface area contributed by atoms with Crippen molar-refractivity contribution in [3.63, 3.8) is 0 Å². The largest absolute Gasteiger partial charge is 0.334 e. The van der Waals surface area contributed by atoms with E-state index in [1.807, 2.05) is 25.1 Å². The first-order chi connectivity index (χ1) is 10.0. The van der Waals surface area contributed by atoms with Crippen molar-refractivity contribution in [2.75, 3.05) is 19.6 Å². The number of aryl methyl sites for hydroxylation is 1. The highest BCUT2D eigenvalue weighted by atomic mass is 35.5. The first-order valence-electron chi connectivity index (χ1n) is 7.13. The number of rotatable bonds is 6. The lowest BCUT2D eigenvalue weighted by molar-refractivity contribution is 0.278. The molecule has 0 saturated carbocycles. The molecule has 0 aliphatic heterocycles. The van der Waals surface area contributed by atoms with Crippen LogP contribution in [-0.4, -0.2) is 34.7 Å². The van der Waals surface area contributed by atoms with Gasteiger partial charge < -0.3 is 15.2 Å². The van der Waals surface area contributed by atoms with Gasteiger partial charge in [0.1, 0.15) is 0 Å². The van der Waals surface area contributed by atoms with Crippen LogP contribution in [0.2, 0.25) is 5.02 Å². The molecular weight excluding hydrogens is 288 g/mol. The van der Waals surface area contributed by atoms with Gasteiger partial charge in [-0.1, -0.05) is 36.7 Å². The normalized spacial score (nSPS) is 12.9. The molecule has 0 spiro atoms. The number of hydrogen-bond donors (Lipinski definition) is 1. The number of aromatic nitrogens is 2. The van der Waals surface area contributed by atoms with Crippen molar-refractivity contribution in [3.05, 3.63) is 34.6 Å². The van der Waals surface area contributed by atoms with E-state index in [2.05, 4.69) is 28.9 Å². The van der Waals surface area contributed by atoms with Crippen LogP contribution in [0.15, 0.2) is 22.7 Å². The van der Waals surface area contributed by atoms with E-state index in [0.717, 1.165) is 24.2 Å². The van der Waals surface area contributed by atoms with Crippen LogP contribution >= 0.6 is 11.6 Å². The van der Waals surface area contributed by atoms with Gasteiger partial charge in [0.15, 0.2) is 5.82 Å². The molecule has 5 nitrogen and oxygen atoms in total. The average molecular weight is 309 g/mol. The molecule has 0 amide bonds. The van der Waals surface area contributed by atoms with Gasteiger partial charge in [0.25, 0.3) is 5.89 Å². The second kappa shape index (κ2) is 7.02. The Morgan fingerprint density at radius 2 is 2.05 bits per heavy atom. The number of nitrogens with two attached hydrogens (primary N) is 1. The fraction of sp³-hybridized carbons (Fsp3) is 0.467.